The minimum absolute atomic E-state index is 0.0469. The van der Waals surface area contributed by atoms with Gasteiger partial charge in [0.25, 0.3) is 0 Å². The van der Waals surface area contributed by atoms with Gasteiger partial charge in [-0.1, -0.05) is 6.07 Å². The monoisotopic (exact) mass is 261 g/mol. The summed E-state index contributed by atoms with van der Waals surface area (Å²) in [5.41, 5.74) is 6.25. The van der Waals surface area contributed by atoms with E-state index in [1.807, 2.05) is 17.5 Å². The molecule has 0 bridgehead atoms. The zero-order valence-corrected chi connectivity index (χ0v) is 10.4. The van der Waals surface area contributed by atoms with E-state index in [0.29, 0.717) is 0 Å². The molecule has 0 aromatic carbocycles. The molecule has 0 aliphatic heterocycles. The van der Waals surface area contributed by atoms with E-state index in [2.05, 4.69) is 9.98 Å². The molecular formula is C12H11N3O2S. The quantitative estimate of drug-likeness (QED) is 0.656. The fourth-order valence-corrected chi connectivity index (χ4v) is 2.16. The third-order valence-electron chi connectivity index (χ3n) is 2.19. The highest BCUT2D eigenvalue weighted by Crippen LogP contribution is 2.27. The maximum atomic E-state index is 11.2. The van der Waals surface area contributed by atoms with Gasteiger partial charge in [0.2, 0.25) is 0 Å². The molecule has 2 aromatic rings. The van der Waals surface area contributed by atoms with Gasteiger partial charge in [-0.15, -0.1) is 11.3 Å². The van der Waals surface area contributed by atoms with E-state index in [1.165, 1.54) is 11.3 Å². The predicted octanol–water partition coefficient (Wildman–Crippen LogP) is 2.52. The lowest BCUT2D eigenvalue weighted by atomic mass is 10.1. The van der Waals surface area contributed by atoms with Crippen LogP contribution < -0.4 is 5.73 Å². The Balaban J connectivity index is 2.54. The number of aromatic carboxylic acids is 1. The fourth-order valence-electron chi connectivity index (χ4n) is 1.45. The molecule has 0 aliphatic rings. The Morgan fingerprint density at radius 2 is 2.33 bits per heavy atom. The van der Waals surface area contributed by atoms with Gasteiger partial charge >= 0.3 is 5.97 Å². The number of pyridine rings is 1. The van der Waals surface area contributed by atoms with Crippen molar-refractivity contribution in [2.75, 3.05) is 0 Å². The van der Waals surface area contributed by atoms with Gasteiger partial charge < -0.3 is 10.8 Å². The number of amidine groups is 1. The van der Waals surface area contributed by atoms with Crippen LogP contribution in [0.1, 0.15) is 17.3 Å². The van der Waals surface area contributed by atoms with Gasteiger partial charge in [-0.05, 0) is 24.4 Å². The first-order valence-electron chi connectivity index (χ1n) is 5.16. The molecule has 0 amide bonds. The molecule has 18 heavy (non-hydrogen) atoms. The van der Waals surface area contributed by atoms with Crippen molar-refractivity contribution in [2.45, 2.75) is 6.92 Å². The van der Waals surface area contributed by atoms with E-state index < -0.39 is 5.97 Å². The van der Waals surface area contributed by atoms with Crippen molar-refractivity contribution in [3.63, 3.8) is 0 Å². The molecule has 0 aliphatic carbocycles. The van der Waals surface area contributed by atoms with Crippen LogP contribution in [0.15, 0.2) is 34.8 Å². The number of hydrogen-bond acceptors (Lipinski definition) is 4. The van der Waals surface area contributed by atoms with Gasteiger partial charge in [0.15, 0.2) is 5.82 Å². The van der Waals surface area contributed by atoms with Gasteiger partial charge in [-0.2, -0.15) is 0 Å². The third-order valence-corrected chi connectivity index (χ3v) is 3.10. The summed E-state index contributed by atoms with van der Waals surface area (Å²) in [6, 6.07) is 5.36. The van der Waals surface area contributed by atoms with Crippen molar-refractivity contribution in [3.8, 4) is 10.4 Å². The molecule has 2 rings (SSSR count). The molecule has 0 spiro atoms. The van der Waals surface area contributed by atoms with Gasteiger partial charge in [0.1, 0.15) is 5.56 Å². The second kappa shape index (κ2) is 4.97. The zero-order valence-electron chi connectivity index (χ0n) is 9.62. The highest BCUT2D eigenvalue weighted by Gasteiger charge is 2.13. The first-order chi connectivity index (χ1) is 8.58. The molecule has 92 valence electrons. The van der Waals surface area contributed by atoms with E-state index in [9.17, 15) is 4.79 Å². The fraction of sp³-hybridized carbons (Fsp3) is 0.0833. The number of carboxylic acids is 1. The average molecular weight is 261 g/mol. The number of aromatic nitrogens is 1. The summed E-state index contributed by atoms with van der Waals surface area (Å²) in [5, 5.41) is 11.1. The topological polar surface area (TPSA) is 88.6 Å². The van der Waals surface area contributed by atoms with Crippen molar-refractivity contribution >= 4 is 29.0 Å². The van der Waals surface area contributed by atoms with Crippen LogP contribution in [0.2, 0.25) is 0 Å². The summed E-state index contributed by atoms with van der Waals surface area (Å²) in [6.07, 6.45) is 1.60. The average Bonchev–Trinajstić information content (AvgIpc) is 2.82. The van der Waals surface area contributed by atoms with E-state index in [0.717, 1.165) is 10.4 Å². The lowest BCUT2D eigenvalue weighted by Gasteiger charge is -2.03. The number of carboxylic acid groups (broad SMARTS) is 1. The maximum Gasteiger partial charge on any atom is 0.339 e. The Bertz CT molecular complexity index is 602. The Kier molecular flexibility index (Phi) is 3.38. The largest absolute Gasteiger partial charge is 0.478 e. The number of aliphatic imine (C=N–C) groups is 1. The van der Waals surface area contributed by atoms with Crippen LogP contribution in [0, 0.1) is 0 Å². The van der Waals surface area contributed by atoms with Gasteiger partial charge in [-0.25, -0.2) is 14.8 Å². The van der Waals surface area contributed by atoms with E-state index in [-0.39, 0.29) is 17.2 Å². The van der Waals surface area contributed by atoms with E-state index in [1.54, 1.807) is 19.2 Å². The SMILES string of the molecule is C/C(N)=N\c1ncc(-c2cccs2)cc1C(=O)O. The second-order valence-electron chi connectivity index (χ2n) is 3.63. The lowest BCUT2D eigenvalue weighted by Crippen LogP contribution is -2.06. The van der Waals surface area contributed by atoms with Crippen molar-refractivity contribution in [2.24, 2.45) is 10.7 Å². The van der Waals surface area contributed by atoms with E-state index >= 15 is 0 Å². The van der Waals surface area contributed by atoms with E-state index in [4.69, 9.17) is 10.8 Å². The van der Waals surface area contributed by atoms with Crippen molar-refractivity contribution < 1.29 is 9.90 Å². The number of nitrogens with zero attached hydrogens (tertiary/aromatic N) is 2. The molecular weight excluding hydrogens is 250 g/mol. The van der Waals surface area contributed by atoms with Crippen molar-refractivity contribution in [3.05, 3.63) is 35.3 Å². The number of thiophene rings is 1. The molecule has 5 nitrogen and oxygen atoms in total. The predicted molar refractivity (Wildman–Crippen MR) is 71.5 cm³/mol. The first-order valence-corrected chi connectivity index (χ1v) is 6.04. The third kappa shape index (κ3) is 2.54. The smallest absolute Gasteiger partial charge is 0.339 e. The molecule has 0 fully saturated rings. The van der Waals surface area contributed by atoms with Crippen molar-refractivity contribution in [1.82, 2.24) is 4.98 Å². The maximum absolute atomic E-state index is 11.2. The Morgan fingerprint density at radius 3 is 2.89 bits per heavy atom. The van der Waals surface area contributed by atoms with Gasteiger partial charge in [-0.3, -0.25) is 0 Å². The molecule has 0 radical (unpaired) electrons. The van der Waals surface area contributed by atoms with Crippen LogP contribution >= 0.6 is 11.3 Å². The summed E-state index contributed by atoms with van der Waals surface area (Å²) in [4.78, 5) is 20.1. The Hall–Kier alpha value is -2.21. The molecule has 0 unspecified atom stereocenters. The molecule has 0 atom stereocenters. The van der Waals surface area contributed by atoms with Crippen molar-refractivity contribution in [1.29, 1.82) is 0 Å². The molecule has 2 heterocycles. The minimum Gasteiger partial charge on any atom is -0.478 e. The van der Waals surface area contributed by atoms with Crippen LogP contribution in [0.25, 0.3) is 10.4 Å². The number of nitrogens with two attached hydrogens (primary N) is 1. The standard InChI is InChI=1S/C12H11N3O2S/c1-7(13)15-11-9(12(16)17)5-8(6-14-11)10-3-2-4-18-10/h2-6H,1H3,(H,16,17)(H2,13,14,15). The van der Waals surface area contributed by atoms with Crippen LogP contribution in [0.4, 0.5) is 5.82 Å². The highest BCUT2D eigenvalue weighted by molar-refractivity contribution is 7.13. The summed E-state index contributed by atoms with van der Waals surface area (Å²) in [6.45, 7) is 1.58. The molecule has 0 saturated heterocycles. The highest BCUT2D eigenvalue weighted by atomic mass is 32.1. The summed E-state index contributed by atoms with van der Waals surface area (Å²) in [5.74, 6) is -0.669. The van der Waals surface area contributed by atoms with Gasteiger partial charge in [0.05, 0.1) is 5.84 Å². The number of rotatable bonds is 3. The number of carbonyl (C=O) groups is 1. The Morgan fingerprint density at radius 1 is 1.56 bits per heavy atom. The van der Waals surface area contributed by atoms with Crippen LogP contribution in [-0.4, -0.2) is 21.9 Å². The first kappa shape index (κ1) is 12.3. The molecule has 6 heteroatoms. The second-order valence-corrected chi connectivity index (χ2v) is 4.58. The van der Waals surface area contributed by atoms with Gasteiger partial charge in [0, 0.05) is 16.6 Å². The summed E-state index contributed by atoms with van der Waals surface area (Å²) >= 11 is 1.52. The minimum atomic E-state index is -1.07. The summed E-state index contributed by atoms with van der Waals surface area (Å²) < 4.78 is 0. The van der Waals surface area contributed by atoms with Crippen LogP contribution in [-0.2, 0) is 0 Å². The molecule has 3 N–H and O–H groups in total. The molecule has 2 aromatic heterocycles. The number of hydrogen-bond donors (Lipinski definition) is 2. The Labute approximate surface area is 108 Å². The molecule has 0 saturated carbocycles. The lowest BCUT2D eigenvalue weighted by molar-refractivity contribution is 0.0697. The van der Waals surface area contributed by atoms with Crippen LogP contribution in [0.5, 0.6) is 0 Å². The normalized spacial score (nSPS) is 11.5. The summed E-state index contributed by atoms with van der Waals surface area (Å²) in [7, 11) is 0. The van der Waals surface area contributed by atoms with Crippen LogP contribution in [0.3, 0.4) is 0 Å². The zero-order chi connectivity index (χ0) is 13.1.